The van der Waals surface area contributed by atoms with Gasteiger partial charge in [0.2, 0.25) is 5.91 Å². The summed E-state index contributed by atoms with van der Waals surface area (Å²) in [6.45, 7) is 5.24. The first-order valence-corrected chi connectivity index (χ1v) is 12.5. The lowest BCUT2D eigenvalue weighted by Gasteiger charge is -2.43. The van der Waals surface area contributed by atoms with Crippen molar-refractivity contribution in [2.24, 2.45) is 0 Å². The lowest BCUT2D eigenvalue weighted by molar-refractivity contribution is -0.133. The normalized spacial score (nSPS) is 16.8. The summed E-state index contributed by atoms with van der Waals surface area (Å²) in [6.07, 6.45) is 0. The molecule has 0 saturated heterocycles. The molecule has 0 radical (unpaired) electrons. The number of carbonyl (C=O) groups is 2. The van der Waals surface area contributed by atoms with Crippen LogP contribution in [0.15, 0.2) is 91.0 Å². The van der Waals surface area contributed by atoms with Gasteiger partial charge < -0.3 is 15.0 Å². The van der Waals surface area contributed by atoms with E-state index in [1.807, 2.05) is 105 Å². The van der Waals surface area contributed by atoms with Crippen molar-refractivity contribution in [3.8, 4) is 17.0 Å². The van der Waals surface area contributed by atoms with Crippen molar-refractivity contribution in [1.82, 2.24) is 20.0 Å². The van der Waals surface area contributed by atoms with Gasteiger partial charge in [-0.25, -0.2) is 0 Å². The minimum atomic E-state index is -1.14. The van der Waals surface area contributed by atoms with E-state index in [1.54, 1.807) is 9.58 Å². The van der Waals surface area contributed by atoms with Crippen molar-refractivity contribution >= 4 is 11.8 Å². The van der Waals surface area contributed by atoms with Crippen LogP contribution in [0.4, 0.5) is 0 Å². The first kappa shape index (κ1) is 24.3. The molecule has 1 atom stereocenters. The lowest BCUT2D eigenvalue weighted by atomic mass is 9.94. The maximum absolute atomic E-state index is 13.9. The minimum Gasteiger partial charge on any atom is -0.494 e. The molecular formula is C30H30N4O3. The molecule has 0 saturated carbocycles. The summed E-state index contributed by atoms with van der Waals surface area (Å²) in [6, 6.07) is 28.9. The van der Waals surface area contributed by atoms with E-state index in [0.717, 1.165) is 22.4 Å². The van der Waals surface area contributed by atoms with E-state index < -0.39 is 5.54 Å². The largest absolute Gasteiger partial charge is 0.494 e. The van der Waals surface area contributed by atoms with E-state index in [1.165, 1.54) is 0 Å². The number of hydrogen-bond acceptors (Lipinski definition) is 4. The van der Waals surface area contributed by atoms with Crippen LogP contribution in [-0.4, -0.2) is 38.6 Å². The maximum Gasteiger partial charge on any atom is 0.273 e. The monoisotopic (exact) mass is 494 g/mol. The zero-order valence-corrected chi connectivity index (χ0v) is 21.1. The lowest BCUT2D eigenvalue weighted by Crippen LogP contribution is -2.63. The molecule has 4 aromatic rings. The molecule has 1 aliphatic rings. The number of benzene rings is 3. The van der Waals surface area contributed by atoms with Crippen molar-refractivity contribution in [2.75, 3.05) is 6.61 Å². The number of aromatic nitrogens is 2. The molecule has 2 amide bonds. The molecule has 37 heavy (non-hydrogen) atoms. The maximum atomic E-state index is 13.9. The van der Waals surface area contributed by atoms with Crippen molar-refractivity contribution in [3.05, 3.63) is 108 Å². The molecule has 0 bridgehead atoms. The molecule has 1 N–H and O–H groups in total. The van der Waals surface area contributed by atoms with Gasteiger partial charge in [-0.2, -0.15) is 5.10 Å². The summed E-state index contributed by atoms with van der Waals surface area (Å²) in [5.41, 5.74) is 2.86. The highest BCUT2D eigenvalue weighted by Gasteiger charge is 2.48. The highest BCUT2D eigenvalue weighted by molar-refractivity contribution is 6.00. The first-order valence-electron chi connectivity index (χ1n) is 12.5. The summed E-state index contributed by atoms with van der Waals surface area (Å²) in [5.74, 6) is 0.315. The Balaban J connectivity index is 1.47. The van der Waals surface area contributed by atoms with Crippen LogP contribution in [0.3, 0.4) is 0 Å². The van der Waals surface area contributed by atoms with Gasteiger partial charge in [-0.05, 0) is 43.2 Å². The molecule has 5 rings (SSSR count). The van der Waals surface area contributed by atoms with Crippen LogP contribution in [-0.2, 0) is 24.4 Å². The van der Waals surface area contributed by atoms with Crippen LogP contribution in [0, 0.1) is 0 Å². The predicted molar refractivity (Wildman–Crippen MR) is 142 cm³/mol. The van der Waals surface area contributed by atoms with Gasteiger partial charge in [0.15, 0.2) is 0 Å². The summed E-state index contributed by atoms with van der Waals surface area (Å²) in [4.78, 5) is 29.3. The van der Waals surface area contributed by atoms with Crippen LogP contribution < -0.4 is 10.1 Å². The molecule has 1 aromatic heterocycles. The number of fused-ring (bicyclic) bond motifs is 1. The Bertz CT molecular complexity index is 1380. The Morgan fingerprint density at radius 3 is 2.32 bits per heavy atom. The Morgan fingerprint density at radius 2 is 1.65 bits per heavy atom. The van der Waals surface area contributed by atoms with Gasteiger partial charge in [0, 0.05) is 18.7 Å². The fourth-order valence-corrected chi connectivity index (χ4v) is 4.65. The summed E-state index contributed by atoms with van der Waals surface area (Å²) >= 11 is 0. The fraction of sp³-hybridized carbons (Fsp3) is 0.233. The summed E-state index contributed by atoms with van der Waals surface area (Å²) in [5, 5.41) is 7.76. The zero-order chi connectivity index (χ0) is 25.8. The minimum absolute atomic E-state index is 0.224. The van der Waals surface area contributed by atoms with E-state index in [0.29, 0.717) is 24.5 Å². The van der Waals surface area contributed by atoms with E-state index in [4.69, 9.17) is 9.84 Å². The van der Waals surface area contributed by atoms with Gasteiger partial charge in [0.1, 0.15) is 17.0 Å². The molecule has 1 aliphatic heterocycles. The number of rotatable bonds is 8. The summed E-state index contributed by atoms with van der Waals surface area (Å²) < 4.78 is 7.23. The molecular weight excluding hydrogens is 464 g/mol. The van der Waals surface area contributed by atoms with Crippen LogP contribution in [0.2, 0.25) is 0 Å². The molecule has 0 unspecified atom stereocenters. The van der Waals surface area contributed by atoms with Crippen molar-refractivity contribution in [3.63, 3.8) is 0 Å². The van der Waals surface area contributed by atoms with Crippen molar-refractivity contribution in [1.29, 1.82) is 0 Å². The summed E-state index contributed by atoms with van der Waals surface area (Å²) in [7, 11) is 0. The smallest absolute Gasteiger partial charge is 0.273 e. The van der Waals surface area contributed by atoms with Crippen LogP contribution in [0.25, 0.3) is 11.3 Å². The zero-order valence-electron chi connectivity index (χ0n) is 21.1. The van der Waals surface area contributed by atoms with Gasteiger partial charge in [-0.15, -0.1) is 0 Å². The van der Waals surface area contributed by atoms with Crippen LogP contribution >= 0.6 is 0 Å². The van der Waals surface area contributed by atoms with Gasteiger partial charge in [-0.1, -0.05) is 72.8 Å². The third-order valence-corrected chi connectivity index (χ3v) is 6.73. The Hall–Kier alpha value is -4.39. The Kier molecular flexibility index (Phi) is 6.77. The number of nitrogens with zero attached hydrogens (tertiary/aromatic N) is 3. The third-order valence-electron chi connectivity index (χ3n) is 6.73. The average Bonchev–Trinajstić information content (AvgIpc) is 3.36. The second kappa shape index (κ2) is 10.3. The highest BCUT2D eigenvalue weighted by atomic mass is 16.5. The molecule has 0 fully saturated rings. The van der Waals surface area contributed by atoms with Gasteiger partial charge in [-0.3, -0.25) is 14.3 Å². The van der Waals surface area contributed by atoms with Gasteiger partial charge >= 0.3 is 0 Å². The Labute approximate surface area is 216 Å². The van der Waals surface area contributed by atoms with Crippen molar-refractivity contribution in [2.45, 2.75) is 39.0 Å². The van der Waals surface area contributed by atoms with Crippen LogP contribution in [0.5, 0.6) is 5.75 Å². The number of hydrogen-bond donors (Lipinski definition) is 1. The molecule has 2 heterocycles. The van der Waals surface area contributed by atoms with E-state index in [2.05, 4.69) is 5.32 Å². The molecule has 7 nitrogen and oxygen atoms in total. The molecule has 0 spiro atoms. The second-order valence-electron chi connectivity index (χ2n) is 9.35. The first-order chi connectivity index (χ1) is 18.0. The second-order valence-corrected chi connectivity index (χ2v) is 9.35. The Morgan fingerprint density at radius 1 is 0.973 bits per heavy atom. The third kappa shape index (κ3) is 4.98. The van der Waals surface area contributed by atoms with E-state index >= 15 is 0 Å². The predicted octanol–water partition coefficient (Wildman–Crippen LogP) is 4.68. The standard InChI is InChI=1S/C30H30N4O3/c1-3-37-25-16-14-23(15-17-25)20-33-28(35)27-18-26(24-12-8-5-9-13-24)32-34(27)21-30(33,2)29(36)31-19-22-10-6-4-7-11-22/h4-18H,3,19-21H2,1-2H3,(H,31,36)/t30-/m0/s1. The number of nitrogens with one attached hydrogen (secondary N) is 1. The van der Waals surface area contributed by atoms with Gasteiger partial charge in [0.25, 0.3) is 5.91 Å². The van der Waals surface area contributed by atoms with E-state index in [-0.39, 0.29) is 24.9 Å². The van der Waals surface area contributed by atoms with Crippen LogP contribution in [0.1, 0.15) is 35.5 Å². The topological polar surface area (TPSA) is 76.5 Å². The highest BCUT2D eigenvalue weighted by Crippen LogP contribution is 2.32. The molecule has 188 valence electrons. The SMILES string of the molecule is CCOc1ccc(CN2C(=O)c3cc(-c4ccccc4)nn3C[C@@]2(C)C(=O)NCc2ccccc2)cc1. The average molecular weight is 495 g/mol. The number of amides is 2. The fourth-order valence-electron chi connectivity index (χ4n) is 4.65. The van der Waals surface area contributed by atoms with Gasteiger partial charge in [0.05, 0.1) is 18.8 Å². The van der Waals surface area contributed by atoms with Crippen molar-refractivity contribution < 1.29 is 14.3 Å². The molecule has 3 aromatic carbocycles. The number of ether oxygens (including phenoxy) is 1. The molecule has 7 heteroatoms. The quantitative estimate of drug-likeness (QED) is 0.386. The molecule has 0 aliphatic carbocycles. The number of carbonyl (C=O) groups excluding carboxylic acids is 2. The van der Waals surface area contributed by atoms with E-state index in [9.17, 15) is 9.59 Å².